The van der Waals surface area contributed by atoms with Gasteiger partial charge in [0.2, 0.25) is 0 Å². The maximum Gasteiger partial charge on any atom is 0.326 e. The topological polar surface area (TPSA) is 52.7 Å². The third-order valence-corrected chi connectivity index (χ3v) is 8.22. The highest BCUT2D eigenvalue weighted by Crippen LogP contribution is 2.40. The summed E-state index contributed by atoms with van der Waals surface area (Å²) in [4.78, 5) is 31.5. The van der Waals surface area contributed by atoms with Gasteiger partial charge in [-0.3, -0.25) is 9.69 Å². The lowest BCUT2D eigenvalue weighted by Crippen LogP contribution is -2.52. The van der Waals surface area contributed by atoms with Crippen LogP contribution in [0.5, 0.6) is 0 Å². The first-order chi connectivity index (χ1) is 14.6. The number of nitrogens with one attached hydrogen (secondary N) is 1. The smallest absolute Gasteiger partial charge is 0.323 e. The van der Waals surface area contributed by atoms with Gasteiger partial charge >= 0.3 is 6.03 Å². The average molecular weight is 424 g/mol. The van der Waals surface area contributed by atoms with E-state index in [4.69, 9.17) is 0 Å². The molecule has 1 aromatic heterocycles. The summed E-state index contributed by atoms with van der Waals surface area (Å²) in [7, 11) is 0. The van der Waals surface area contributed by atoms with Crippen LogP contribution in [0.1, 0.15) is 61.1 Å². The number of carbonyl (C=O) groups excluding carboxylic acids is 2. The summed E-state index contributed by atoms with van der Waals surface area (Å²) < 4.78 is 0. The van der Waals surface area contributed by atoms with Gasteiger partial charge in [-0.1, -0.05) is 49.6 Å². The van der Waals surface area contributed by atoms with E-state index in [-0.39, 0.29) is 23.9 Å². The van der Waals surface area contributed by atoms with Crippen molar-refractivity contribution < 1.29 is 9.59 Å². The van der Waals surface area contributed by atoms with Crippen LogP contribution in [0.15, 0.2) is 41.8 Å². The summed E-state index contributed by atoms with van der Waals surface area (Å²) in [6.45, 7) is 3.11. The van der Waals surface area contributed by atoms with Crippen molar-refractivity contribution in [1.82, 2.24) is 15.1 Å². The Labute approximate surface area is 182 Å². The second-order valence-electron chi connectivity index (χ2n) is 9.02. The van der Waals surface area contributed by atoms with Gasteiger partial charge in [-0.2, -0.15) is 0 Å². The Kier molecular flexibility index (Phi) is 5.15. The monoisotopic (exact) mass is 423 g/mol. The summed E-state index contributed by atoms with van der Waals surface area (Å²) in [5.74, 6) is 0.185. The third kappa shape index (κ3) is 3.26. The van der Waals surface area contributed by atoms with Crippen LogP contribution < -0.4 is 5.32 Å². The van der Waals surface area contributed by atoms with Crippen LogP contribution in [-0.2, 0) is 11.2 Å². The molecule has 158 valence electrons. The molecule has 30 heavy (non-hydrogen) atoms. The molecule has 0 spiro atoms. The molecule has 0 unspecified atom stereocenters. The van der Waals surface area contributed by atoms with Crippen LogP contribution in [0.25, 0.3) is 0 Å². The fraction of sp³-hybridized carbons (Fsp3) is 0.500. The summed E-state index contributed by atoms with van der Waals surface area (Å²) in [6.07, 6.45) is 6.52. The molecule has 2 aliphatic heterocycles. The molecule has 1 aliphatic carbocycles. The molecule has 0 radical (unpaired) electrons. The summed E-state index contributed by atoms with van der Waals surface area (Å²) in [6, 6.07) is 12.5. The molecule has 1 aromatic carbocycles. The lowest BCUT2D eigenvalue weighted by Gasteiger charge is -2.38. The molecule has 0 bridgehead atoms. The van der Waals surface area contributed by atoms with E-state index in [0.717, 1.165) is 38.6 Å². The fourth-order valence-electron chi connectivity index (χ4n) is 5.53. The molecular formula is C24H29N3O2S. The van der Waals surface area contributed by atoms with Crippen LogP contribution in [-0.4, -0.2) is 40.5 Å². The Hall–Kier alpha value is -2.18. The Morgan fingerprint density at radius 1 is 1.10 bits per heavy atom. The van der Waals surface area contributed by atoms with E-state index < -0.39 is 5.54 Å². The molecule has 1 saturated carbocycles. The molecule has 6 heteroatoms. The van der Waals surface area contributed by atoms with Crippen molar-refractivity contribution in [3.63, 3.8) is 0 Å². The number of hydrogen-bond acceptors (Lipinski definition) is 4. The zero-order chi connectivity index (χ0) is 20.7. The molecule has 3 aliphatic rings. The van der Waals surface area contributed by atoms with Crippen molar-refractivity contribution in [2.45, 2.75) is 57.0 Å². The first-order valence-electron chi connectivity index (χ1n) is 11.1. The lowest BCUT2D eigenvalue weighted by atomic mass is 9.75. The third-order valence-electron chi connectivity index (χ3n) is 7.23. The van der Waals surface area contributed by atoms with Gasteiger partial charge < -0.3 is 5.32 Å². The number of fused-ring (bicyclic) bond motifs is 1. The maximum absolute atomic E-state index is 13.5. The minimum absolute atomic E-state index is 0.0534. The van der Waals surface area contributed by atoms with E-state index in [2.05, 4.69) is 45.9 Å². The summed E-state index contributed by atoms with van der Waals surface area (Å²) >= 11 is 1.80. The van der Waals surface area contributed by atoms with E-state index in [1.165, 1.54) is 27.3 Å². The van der Waals surface area contributed by atoms with E-state index in [1.54, 1.807) is 11.3 Å². The molecule has 2 atom stereocenters. The SMILES string of the molecule is C[C@@]1(C2CCCCC2)NC(=O)N(CN2CCc3sccc3[C@H]2c2ccccc2)C1=O. The highest BCUT2D eigenvalue weighted by Gasteiger charge is 2.53. The van der Waals surface area contributed by atoms with Crippen molar-refractivity contribution in [2.75, 3.05) is 13.2 Å². The summed E-state index contributed by atoms with van der Waals surface area (Å²) in [5.41, 5.74) is 1.75. The van der Waals surface area contributed by atoms with E-state index in [9.17, 15) is 9.59 Å². The molecule has 3 heterocycles. The number of urea groups is 1. The molecule has 2 fully saturated rings. The number of rotatable bonds is 4. The lowest BCUT2D eigenvalue weighted by molar-refractivity contribution is -0.134. The predicted octanol–water partition coefficient (Wildman–Crippen LogP) is 4.54. The van der Waals surface area contributed by atoms with Gasteiger partial charge in [0, 0.05) is 11.4 Å². The zero-order valence-electron chi connectivity index (χ0n) is 17.5. The standard InChI is InChI=1S/C24H29N3O2S/c1-24(18-10-6-3-7-11-18)22(28)27(23(29)25-24)16-26-14-12-20-19(13-15-30-20)21(26)17-8-4-2-5-9-17/h2,4-5,8-9,13,15,18,21H,3,6-7,10-12,14,16H2,1H3,(H,25,29)/t21-,24+/m1/s1. The number of carbonyl (C=O) groups is 2. The molecule has 3 amide bonds. The predicted molar refractivity (Wildman–Crippen MR) is 118 cm³/mol. The van der Waals surface area contributed by atoms with E-state index >= 15 is 0 Å². The molecular weight excluding hydrogens is 394 g/mol. The molecule has 5 rings (SSSR count). The first kappa shape index (κ1) is 19.8. The molecule has 1 N–H and O–H groups in total. The number of benzene rings is 1. The van der Waals surface area contributed by atoms with Gasteiger partial charge in [0.05, 0.1) is 12.7 Å². The summed E-state index contributed by atoms with van der Waals surface area (Å²) in [5, 5.41) is 5.22. The minimum atomic E-state index is -0.761. The average Bonchev–Trinajstić information content (AvgIpc) is 3.34. The Morgan fingerprint density at radius 3 is 2.63 bits per heavy atom. The van der Waals surface area contributed by atoms with Crippen molar-refractivity contribution >= 4 is 23.3 Å². The van der Waals surface area contributed by atoms with Gasteiger partial charge in [0.15, 0.2) is 0 Å². The number of thiophene rings is 1. The number of imide groups is 1. The van der Waals surface area contributed by atoms with Crippen molar-refractivity contribution in [3.8, 4) is 0 Å². The van der Waals surface area contributed by atoms with Crippen LogP contribution in [0.2, 0.25) is 0 Å². The Bertz CT molecular complexity index is 937. The second-order valence-corrected chi connectivity index (χ2v) is 10.0. The minimum Gasteiger partial charge on any atom is -0.323 e. The Balaban J connectivity index is 1.42. The van der Waals surface area contributed by atoms with E-state index in [1.807, 2.05) is 13.0 Å². The normalized spacial score (nSPS) is 27.9. The van der Waals surface area contributed by atoms with Crippen molar-refractivity contribution in [3.05, 3.63) is 57.8 Å². The molecule has 5 nitrogen and oxygen atoms in total. The quantitative estimate of drug-likeness (QED) is 0.735. The van der Waals surface area contributed by atoms with Gasteiger partial charge in [-0.05, 0) is 54.7 Å². The van der Waals surface area contributed by atoms with Crippen LogP contribution >= 0.6 is 11.3 Å². The highest BCUT2D eigenvalue weighted by atomic mass is 32.1. The molecule has 2 aromatic rings. The second kappa shape index (κ2) is 7.82. The highest BCUT2D eigenvalue weighted by molar-refractivity contribution is 7.10. The van der Waals surface area contributed by atoms with E-state index in [0.29, 0.717) is 6.67 Å². The van der Waals surface area contributed by atoms with Gasteiger partial charge in [0.1, 0.15) is 5.54 Å². The van der Waals surface area contributed by atoms with Crippen molar-refractivity contribution in [2.24, 2.45) is 5.92 Å². The van der Waals surface area contributed by atoms with Gasteiger partial charge in [-0.15, -0.1) is 11.3 Å². The largest absolute Gasteiger partial charge is 0.326 e. The number of amides is 3. The number of nitrogens with zero attached hydrogens (tertiary/aromatic N) is 2. The van der Waals surface area contributed by atoms with Crippen LogP contribution in [0.4, 0.5) is 4.79 Å². The van der Waals surface area contributed by atoms with Gasteiger partial charge in [0.25, 0.3) is 5.91 Å². The van der Waals surface area contributed by atoms with Crippen LogP contribution in [0, 0.1) is 5.92 Å². The van der Waals surface area contributed by atoms with Gasteiger partial charge in [-0.25, -0.2) is 9.69 Å². The first-order valence-corrected chi connectivity index (χ1v) is 12.0. The van der Waals surface area contributed by atoms with Crippen LogP contribution in [0.3, 0.4) is 0 Å². The molecule has 1 saturated heterocycles. The van der Waals surface area contributed by atoms with Crippen molar-refractivity contribution in [1.29, 1.82) is 0 Å². The maximum atomic E-state index is 13.5. The number of hydrogen-bond donors (Lipinski definition) is 1. The zero-order valence-corrected chi connectivity index (χ0v) is 18.3. The Morgan fingerprint density at radius 2 is 1.87 bits per heavy atom. The fourth-order valence-corrected chi connectivity index (χ4v) is 6.43.